The van der Waals surface area contributed by atoms with Crippen LogP contribution in [-0.2, 0) is 24.4 Å². The standard InChI is InChI=1S/C30H36O9/c1-7-12(2)27(34)37-18-10-16-14(8-13(18)3)19-22(32)15-9-17(31)21-24(38-26-28(35)36-11-30(21,26)6)20(15)23(33)25(19)39-29(16,4)5/h9,12-14,16,18,26,28,31,35H,7-8,10-11H2,1-6H3. The monoisotopic (exact) mass is 540 g/mol. The molecule has 3 aliphatic heterocycles. The zero-order valence-electron chi connectivity index (χ0n) is 23.2. The maximum atomic E-state index is 14.1. The van der Waals surface area contributed by atoms with Crippen LogP contribution in [0.3, 0.4) is 0 Å². The smallest absolute Gasteiger partial charge is 0.308 e. The maximum Gasteiger partial charge on any atom is 0.308 e. The fourth-order valence-corrected chi connectivity index (χ4v) is 7.30. The predicted molar refractivity (Wildman–Crippen MR) is 137 cm³/mol. The number of aliphatic hydroxyl groups is 1. The van der Waals surface area contributed by atoms with Crippen molar-refractivity contribution in [1.29, 1.82) is 0 Å². The Morgan fingerprint density at radius 3 is 2.62 bits per heavy atom. The molecule has 5 aliphatic rings. The van der Waals surface area contributed by atoms with E-state index in [1.807, 2.05) is 34.6 Å². The van der Waals surface area contributed by atoms with Crippen LogP contribution in [0.2, 0.25) is 0 Å². The van der Waals surface area contributed by atoms with E-state index in [1.165, 1.54) is 6.07 Å². The van der Waals surface area contributed by atoms with Crippen molar-refractivity contribution in [3.63, 3.8) is 0 Å². The summed E-state index contributed by atoms with van der Waals surface area (Å²) in [6.45, 7) is 11.5. The highest BCUT2D eigenvalue weighted by molar-refractivity contribution is 6.28. The topological polar surface area (TPSA) is 129 Å². The lowest BCUT2D eigenvalue weighted by Gasteiger charge is -2.51. The van der Waals surface area contributed by atoms with E-state index in [0.29, 0.717) is 30.4 Å². The lowest BCUT2D eigenvalue weighted by molar-refractivity contribution is -0.165. The van der Waals surface area contributed by atoms with Gasteiger partial charge in [0, 0.05) is 22.6 Å². The molecule has 0 radical (unpaired) electrons. The Hall–Kier alpha value is -2.91. The summed E-state index contributed by atoms with van der Waals surface area (Å²) in [7, 11) is 0. The normalized spacial score (nSPS) is 36.6. The van der Waals surface area contributed by atoms with Gasteiger partial charge < -0.3 is 29.2 Å². The van der Waals surface area contributed by atoms with Crippen molar-refractivity contribution in [2.45, 2.75) is 90.3 Å². The third kappa shape index (κ3) is 3.55. The number of aliphatic hydroxyl groups excluding tert-OH is 1. The van der Waals surface area contributed by atoms with Crippen molar-refractivity contribution in [3.8, 4) is 11.5 Å². The Morgan fingerprint density at radius 1 is 1.21 bits per heavy atom. The van der Waals surface area contributed by atoms with E-state index in [1.54, 1.807) is 6.92 Å². The van der Waals surface area contributed by atoms with Crippen molar-refractivity contribution < 1.29 is 43.5 Å². The molecule has 0 spiro atoms. The molecule has 2 aliphatic carbocycles. The number of aromatic hydroxyl groups is 1. The second kappa shape index (κ2) is 8.54. The molecule has 9 nitrogen and oxygen atoms in total. The summed E-state index contributed by atoms with van der Waals surface area (Å²) in [5.41, 5.74) is -0.849. The number of carbonyl (C=O) groups is 3. The van der Waals surface area contributed by atoms with E-state index in [4.69, 9.17) is 18.9 Å². The summed E-state index contributed by atoms with van der Waals surface area (Å²) in [5, 5.41) is 21.4. The number of phenols is 1. The molecule has 2 fully saturated rings. The molecular formula is C30H36O9. The lowest BCUT2D eigenvalue weighted by Crippen LogP contribution is -2.53. The van der Waals surface area contributed by atoms with Crippen LogP contribution in [0.15, 0.2) is 17.4 Å². The molecule has 1 aromatic rings. The summed E-state index contributed by atoms with van der Waals surface area (Å²) < 4.78 is 23.7. The first-order chi connectivity index (χ1) is 18.3. The van der Waals surface area contributed by atoms with Crippen molar-refractivity contribution in [2.24, 2.45) is 23.7 Å². The van der Waals surface area contributed by atoms with E-state index in [0.717, 1.165) is 0 Å². The molecule has 0 bridgehead atoms. The van der Waals surface area contributed by atoms with Gasteiger partial charge in [-0.2, -0.15) is 0 Å². The number of carbonyl (C=O) groups excluding carboxylic acids is 3. The second-order valence-corrected chi connectivity index (χ2v) is 12.7. The third-order valence-corrected chi connectivity index (χ3v) is 9.83. The van der Waals surface area contributed by atoms with Gasteiger partial charge in [0.05, 0.1) is 23.5 Å². The molecule has 0 aromatic heterocycles. The number of Topliss-reactive ketones (excluding diaryl/α,β-unsaturated/α-hetero) is 2. The van der Waals surface area contributed by atoms with Crippen LogP contribution in [0.4, 0.5) is 0 Å². The highest BCUT2D eigenvalue weighted by Crippen LogP contribution is 2.58. The SMILES string of the molecule is CCC(C)C(=O)OC1CC2C(CC1C)C1=C(OC2(C)C)C(=O)c2c(cc(O)c3c2OC2C(O)OCC32C)C1=O. The number of allylic oxidation sites excluding steroid dienone is 2. The zero-order valence-corrected chi connectivity index (χ0v) is 23.2. The molecule has 9 heteroatoms. The van der Waals surface area contributed by atoms with Crippen molar-refractivity contribution >= 4 is 17.5 Å². The van der Waals surface area contributed by atoms with Crippen LogP contribution >= 0.6 is 0 Å². The summed E-state index contributed by atoms with van der Waals surface area (Å²) in [5.74, 6) is -1.73. The molecule has 39 heavy (non-hydrogen) atoms. The largest absolute Gasteiger partial charge is 0.507 e. The molecule has 6 rings (SSSR count). The quantitative estimate of drug-likeness (QED) is 0.550. The molecule has 1 aromatic carbocycles. The van der Waals surface area contributed by atoms with Gasteiger partial charge >= 0.3 is 5.97 Å². The number of phenolic OH excluding ortho intramolecular Hbond substituents is 1. The average molecular weight is 541 g/mol. The van der Waals surface area contributed by atoms with Gasteiger partial charge in [-0.3, -0.25) is 14.4 Å². The van der Waals surface area contributed by atoms with Gasteiger partial charge in [-0.15, -0.1) is 0 Å². The summed E-state index contributed by atoms with van der Waals surface area (Å²) in [6.07, 6.45) is -0.584. The molecule has 3 heterocycles. The van der Waals surface area contributed by atoms with Crippen molar-refractivity contribution in [3.05, 3.63) is 34.1 Å². The Balaban J connectivity index is 1.40. The number of esters is 1. The predicted octanol–water partition coefficient (Wildman–Crippen LogP) is 3.82. The molecular weight excluding hydrogens is 504 g/mol. The van der Waals surface area contributed by atoms with E-state index in [-0.39, 0.29) is 76.5 Å². The van der Waals surface area contributed by atoms with Gasteiger partial charge in [-0.05, 0) is 57.9 Å². The van der Waals surface area contributed by atoms with Crippen molar-refractivity contribution in [1.82, 2.24) is 0 Å². The number of hydrogen-bond donors (Lipinski definition) is 2. The molecule has 1 saturated heterocycles. The minimum absolute atomic E-state index is 0.0243. The second-order valence-electron chi connectivity index (χ2n) is 12.7. The highest BCUT2D eigenvalue weighted by atomic mass is 16.6. The van der Waals surface area contributed by atoms with Gasteiger partial charge in [0.2, 0.25) is 5.78 Å². The molecule has 2 N–H and O–H groups in total. The van der Waals surface area contributed by atoms with E-state index < -0.39 is 29.2 Å². The molecule has 8 atom stereocenters. The fraction of sp³-hybridized carbons (Fsp3) is 0.633. The first-order valence-electron chi connectivity index (χ1n) is 13.9. The molecule has 8 unspecified atom stereocenters. The molecule has 1 saturated carbocycles. The van der Waals surface area contributed by atoms with E-state index in [2.05, 4.69) is 0 Å². The highest BCUT2D eigenvalue weighted by Gasteiger charge is 2.60. The van der Waals surface area contributed by atoms with Crippen LogP contribution in [0.25, 0.3) is 0 Å². The first kappa shape index (κ1) is 26.3. The summed E-state index contributed by atoms with van der Waals surface area (Å²) in [4.78, 5) is 40.7. The van der Waals surface area contributed by atoms with Crippen LogP contribution in [0.1, 0.15) is 87.1 Å². The number of benzene rings is 1. The van der Waals surface area contributed by atoms with Crippen LogP contribution < -0.4 is 4.74 Å². The Morgan fingerprint density at radius 2 is 1.92 bits per heavy atom. The van der Waals surface area contributed by atoms with Gasteiger partial charge in [0.15, 0.2) is 23.9 Å². The van der Waals surface area contributed by atoms with E-state index in [9.17, 15) is 24.6 Å². The Bertz CT molecular complexity index is 1330. The number of rotatable bonds is 3. The Labute approximate surface area is 227 Å². The van der Waals surface area contributed by atoms with Gasteiger partial charge in [-0.25, -0.2) is 0 Å². The van der Waals surface area contributed by atoms with Crippen LogP contribution in [-0.4, -0.2) is 58.5 Å². The summed E-state index contributed by atoms with van der Waals surface area (Å²) in [6, 6.07) is 1.34. The van der Waals surface area contributed by atoms with Gasteiger partial charge in [0.25, 0.3) is 0 Å². The van der Waals surface area contributed by atoms with Crippen LogP contribution in [0, 0.1) is 23.7 Å². The van der Waals surface area contributed by atoms with Crippen molar-refractivity contribution in [2.75, 3.05) is 6.61 Å². The first-order valence-corrected chi connectivity index (χ1v) is 13.9. The average Bonchev–Trinajstić information content (AvgIpc) is 3.34. The summed E-state index contributed by atoms with van der Waals surface area (Å²) >= 11 is 0. The number of fused-ring (bicyclic) bond motifs is 7. The minimum Gasteiger partial charge on any atom is -0.507 e. The number of ketones is 2. The maximum absolute atomic E-state index is 14.1. The zero-order chi connectivity index (χ0) is 28.2. The number of ether oxygens (including phenoxy) is 4. The van der Waals surface area contributed by atoms with Crippen LogP contribution in [0.5, 0.6) is 11.5 Å². The fourth-order valence-electron chi connectivity index (χ4n) is 7.30. The lowest BCUT2D eigenvalue weighted by atomic mass is 9.61. The molecule has 0 amide bonds. The Kier molecular flexibility index (Phi) is 5.77. The minimum atomic E-state index is -1.22. The number of hydrogen-bond acceptors (Lipinski definition) is 9. The van der Waals surface area contributed by atoms with Gasteiger partial charge in [-0.1, -0.05) is 20.8 Å². The van der Waals surface area contributed by atoms with Gasteiger partial charge in [0.1, 0.15) is 23.2 Å². The third-order valence-electron chi connectivity index (χ3n) is 9.83. The van der Waals surface area contributed by atoms with E-state index >= 15 is 0 Å². The molecule has 210 valence electrons.